The lowest BCUT2D eigenvalue weighted by Gasteiger charge is -2.35. The predicted molar refractivity (Wildman–Crippen MR) is 129 cm³/mol. The molecule has 1 atom stereocenters. The first-order chi connectivity index (χ1) is 15.6. The molecule has 4 nitrogen and oxygen atoms in total. The van der Waals surface area contributed by atoms with Crippen molar-refractivity contribution in [2.75, 3.05) is 19.6 Å². The molecule has 2 aliphatic rings. The number of likely N-dealkylation sites (tertiary alicyclic amines) is 1. The molecule has 2 fully saturated rings. The van der Waals surface area contributed by atoms with Crippen LogP contribution < -0.4 is 5.32 Å². The maximum atomic E-state index is 12.6. The largest absolute Gasteiger partial charge is 0.353 e. The van der Waals surface area contributed by atoms with Gasteiger partial charge >= 0.3 is 0 Å². The van der Waals surface area contributed by atoms with Gasteiger partial charge in [-0.25, -0.2) is 0 Å². The van der Waals surface area contributed by atoms with Crippen LogP contribution in [0.4, 0.5) is 0 Å². The third kappa shape index (κ3) is 5.86. The molecule has 1 saturated carbocycles. The van der Waals surface area contributed by atoms with E-state index in [9.17, 15) is 9.59 Å². The molecule has 1 aliphatic heterocycles. The van der Waals surface area contributed by atoms with E-state index in [1.165, 1.54) is 24.8 Å². The van der Waals surface area contributed by atoms with Gasteiger partial charge in [-0.2, -0.15) is 0 Å². The highest BCUT2D eigenvalue weighted by molar-refractivity contribution is 6.08. The highest BCUT2D eigenvalue weighted by Crippen LogP contribution is 2.25. The monoisotopic (exact) mass is 432 g/mol. The van der Waals surface area contributed by atoms with Gasteiger partial charge in [0.25, 0.3) is 0 Å². The van der Waals surface area contributed by atoms with E-state index in [0.717, 1.165) is 56.4 Å². The summed E-state index contributed by atoms with van der Waals surface area (Å²) in [5.74, 6) is 1.02. The predicted octanol–water partition coefficient (Wildman–Crippen LogP) is 5.18. The molecule has 1 saturated heterocycles. The molecular formula is C28H36N2O2. The number of piperidine rings is 1. The summed E-state index contributed by atoms with van der Waals surface area (Å²) >= 11 is 0. The van der Waals surface area contributed by atoms with Crippen LogP contribution in [0.2, 0.25) is 0 Å². The van der Waals surface area contributed by atoms with Crippen molar-refractivity contribution >= 4 is 11.7 Å². The van der Waals surface area contributed by atoms with E-state index in [0.29, 0.717) is 17.9 Å². The van der Waals surface area contributed by atoms with Crippen LogP contribution in [0.5, 0.6) is 0 Å². The summed E-state index contributed by atoms with van der Waals surface area (Å²) in [6, 6.07) is 17.9. The van der Waals surface area contributed by atoms with Crippen molar-refractivity contribution < 1.29 is 9.59 Å². The Balaban J connectivity index is 1.23. The second-order valence-corrected chi connectivity index (χ2v) is 9.64. The first-order valence-corrected chi connectivity index (χ1v) is 12.3. The highest BCUT2D eigenvalue weighted by atomic mass is 16.2. The third-order valence-corrected chi connectivity index (χ3v) is 7.22. The second-order valence-electron chi connectivity index (χ2n) is 9.64. The average molecular weight is 433 g/mol. The number of nitrogens with zero attached hydrogens (tertiary/aromatic N) is 1. The Labute approximate surface area is 192 Å². The molecule has 170 valence electrons. The number of rotatable bonds is 7. The van der Waals surface area contributed by atoms with E-state index >= 15 is 0 Å². The van der Waals surface area contributed by atoms with Gasteiger partial charge in [0.05, 0.1) is 0 Å². The van der Waals surface area contributed by atoms with Crippen LogP contribution in [-0.2, 0) is 4.79 Å². The van der Waals surface area contributed by atoms with Gasteiger partial charge in [0.15, 0.2) is 5.78 Å². The van der Waals surface area contributed by atoms with Crippen molar-refractivity contribution in [3.8, 4) is 0 Å². The molecule has 0 spiro atoms. The van der Waals surface area contributed by atoms with Crippen LogP contribution in [0.3, 0.4) is 0 Å². The fourth-order valence-electron chi connectivity index (χ4n) is 5.16. The molecule has 4 rings (SSSR count). The van der Waals surface area contributed by atoms with Gasteiger partial charge in [0, 0.05) is 42.7 Å². The maximum absolute atomic E-state index is 12.6. The number of ketones is 1. The first kappa shape index (κ1) is 22.7. The lowest BCUT2D eigenvalue weighted by Crippen LogP contribution is -2.47. The Morgan fingerprint density at radius 2 is 1.50 bits per heavy atom. The summed E-state index contributed by atoms with van der Waals surface area (Å²) in [7, 11) is 0. The normalized spacial score (nSPS) is 19.4. The first-order valence-electron chi connectivity index (χ1n) is 12.3. The summed E-state index contributed by atoms with van der Waals surface area (Å²) in [6.07, 6.45) is 7.90. The number of amides is 1. The average Bonchev–Trinajstić information content (AvgIpc) is 2.86. The summed E-state index contributed by atoms with van der Waals surface area (Å²) in [5.41, 5.74) is 2.73. The zero-order valence-corrected chi connectivity index (χ0v) is 19.3. The van der Waals surface area contributed by atoms with Gasteiger partial charge in [-0.05, 0) is 37.2 Å². The topological polar surface area (TPSA) is 49.4 Å². The molecular weight excluding hydrogens is 396 g/mol. The smallest absolute Gasteiger partial charge is 0.223 e. The van der Waals surface area contributed by atoms with Gasteiger partial charge in [0.1, 0.15) is 0 Å². The van der Waals surface area contributed by atoms with Crippen LogP contribution in [0.1, 0.15) is 79.3 Å². The van der Waals surface area contributed by atoms with Crippen molar-refractivity contribution in [2.24, 2.45) is 5.92 Å². The quantitative estimate of drug-likeness (QED) is 0.613. The number of carbonyl (C=O) groups excluding carboxylic acids is 2. The molecule has 0 radical (unpaired) electrons. The molecule has 4 heteroatoms. The SMILES string of the molecule is CC(CN1CCC(NC(=O)C2CCCCC2)CC1)c1ccc(C(=O)c2ccccc2)cc1. The van der Waals surface area contributed by atoms with E-state index < -0.39 is 0 Å². The minimum Gasteiger partial charge on any atom is -0.353 e. The van der Waals surface area contributed by atoms with Gasteiger partial charge < -0.3 is 10.2 Å². The van der Waals surface area contributed by atoms with E-state index in [4.69, 9.17) is 0 Å². The van der Waals surface area contributed by atoms with Gasteiger partial charge in [-0.15, -0.1) is 0 Å². The van der Waals surface area contributed by atoms with Crippen molar-refractivity contribution in [3.63, 3.8) is 0 Å². The zero-order chi connectivity index (χ0) is 22.3. The minimum absolute atomic E-state index is 0.0714. The summed E-state index contributed by atoms with van der Waals surface area (Å²) in [6.45, 7) is 5.33. The van der Waals surface area contributed by atoms with Crippen LogP contribution in [0.25, 0.3) is 0 Å². The third-order valence-electron chi connectivity index (χ3n) is 7.22. The van der Waals surface area contributed by atoms with Crippen molar-refractivity contribution in [3.05, 3.63) is 71.3 Å². The van der Waals surface area contributed by atoms with Crippen LogP contribution >= 0.6 is 0 Å². The van der Waals surface area contributed by atoms with E-state index in [1.807, 2.05) is 42.5 Å². The van der Waals surface area contributed by atoms with E-state index in [2.05, 4.69) is 29.3 Å². The Bertz CT molecular complexity index is 879. The Morgan fingerprint density at radius 3 is 2.16 bits per heavy atom. The Morgan fingerprint density at radius 1 is 0.875 bits per heavy atom. The van der Waals surface area contributed by atoms with Crippen LogP contribution in [-0.4, -0.2) is 42.3 Å². The standard InChI is InChI=1S/C28H36N2O2/c1-21(22-12-14-24(15-13-22)27(31)23-8-4-2-5-9-23)20-30-18-16-26(17-19-30)29-28(32)25-10-6-3-7-11-25/h2,4-5,8-9,12-15,21,25-26H,3,6-7,10-11,16-20H2,1H3,(H,29,32). The minimum atomic E-state index is 0.0714. The lowest BCUT2D eigenvalue weighted by atomic mass is 9.88. The number of nitrogens with one attached hydrogen (secondary N) is 1. The molecule has 1 N–H and O–H groups in total. The van der Waals surface area contributed by atoms with Gasteiger partial charge in [-0.3, -0.25) is 9.59 Å². The summed E-state index contributed by atoms with van der Waals surface area (Å²) in [5, 5.41) is 3.33. The number of hydrogen-bond acceptors (Lipinski definition) is 3. The number of carbonyl (C=O) groups is 2. The lowest BCUT2D eigenvalue weighted by molar-refractivity contribution is -0.127. The Hall–Kier alpha value is -2.46. The molecule has 1 amide bonds. The highest BCUT2D eigenvalue weighted by Gasteiger charge is 2.26. The van der Waals surface area contributed by atoms with Crippen LogP contribution in [0.15, 0.2) is 54.6 Å². The molecule has 0 aromatic heterocycles. The zero-order valence-electron chi connectivity index (χ0n) is 19.3. The van der Waals surface area contributed by atoms with Crippen molar-refractivity contribution in [2.45, 2.75) is 63.8 Å². The van der Waals surface area contributed by atoms with Gasteiger partial charge in [-0.1, -0.05) is 80.8 Å². The number of benzene rings is 2. The fraction of sp³-hybridized carbons (Fsp3) is 0.500. The number of hydrogen-bond donors (Lipinski definition) is 1. The van der Waals surface area contributed by atoms with E-state index in [-0.39, 0.29) is 11.7 Å². The Kier molecular flexibility index (Phi) is 7.75. The molecule has 2 aromatic rings. The second kappa shape index (κ2) is 10.9. The van der Waals surface area contributed by atoms with E-state index in [1.54, 1.807) is 0 Å². The molecule has 0 bridgehead atoms. The maximum Gasteiger partial charge on any atom is 0.223 e. The van der Waals surface area contributed by atoms with Crippen LogP contribution in [0, 0.1) is 5.92 Å². The fourth-order valence-corrected chi connectivity index (χ4v) is 5.16. The summed E-state index contributed by atoms with van der Waals surface area (Å²) < 4.78 is 0. The van der Waals surface area contributed by atoms with Crippen molar-refractivity contribution in [1.82, 2.24) is 10.2 Å². The molecule has 1 unspecified atom stereocenters. The molecule has 1 aliphatic carbocycles. The molecule has 32 heavy (non-hydrogen) atoms. The molecule has 1 heterocycles. The van der Waals surface area contributed by atoms with Crippen molar-refractivity contribution in [1.29, 1.82) is 0 Å². The summed E-state index contributed by atoms with van der Waals surface area (Å²) in [4.78, 5) is 27.7. The van der Waals surface area contributed by atoms with Gasteiger partial charge in [0.2, 0.25) is 5.91 Å². The molecule has 2 aromatic carbocycles.